The number of rotatable bonds is 7. The van der Waals surface area contributed by atoms with Gasteiger partial charge in [0, 0.05) is 40.1 Å². The van der Waals surface area contributed by atoms with Crippen LogP contribution in [0.5, 0.6) is 0 Å². The molecule has 2 atom stereocenters. The van der Waals surface area contributed by atoms with E-state index in [1.165, 1.54) is 17.0 Å². The number of halogens is 1. The Morgan fingerprint density at radius 2 is 1.94 bits per heavy atom. The van der Waals surface area contributed by atoms with Crippen molar-refractivity contribution in [3.8, 4) is 0 Å². The minimum Gasteiger partial charge on any atom is -0.460 e. The van der Waals surface area contributed by atoms with E-state index >= 15 is 0 Å². The molecule has 0 unspecified atom stereocenters. The third-order valence-electron chi connectivity index (χ3n) is 5.96. The van der Waals surface area contributed by atoms with Crippen molar-refractivity contribution >= 4 is 23.1 Å². The molecule has 4 rings (SSSR count). The summed E-state index contributed by atoms with van der Waals surface area (Å²) in [4.78, 5) is 27.8. The lowest BCUT2D eigenvalue weighted by Gasteiger charge is -2.36. The van der Waals surface area contributed by atoms with Gasteiger partial charge in [0.1, 0.15) is 12.4 Å². The number of carbonyl (C=O) groups excluding carboxylic acids is 2. The van der Waals surface area contributed by atoms with E-state index in [1.807, 2.05) is 32.2 Å². The molecule has 0 saturated carbocycles. The van der Waals surface area contributed by atoms with Crippen LogP contribution < -0.4 is 5.32 Å². The van der Waals surface area contributed by atoms with Crippen LogP contribution in [-0.4, -0.2) is 31.1 Å². The lowest BCUT2D eigenvalue weighted by atomic mass is 9.72. The maximum atomic E-state index is 13.7. The standard InChI is InChI=1S/C26H28FNO4S/c1-15(2)31-10-11-32-26(30)23-16(3)28-20-13-18(22-5-4-12-33-22)14-21(29)25(20)24(23)17-6-8-19(27)9-7-17/h4-9,12,15,18,24,28H,10-11,13-14H2,1-3H3/t18-,24-/m0/s1. The van der Waals surface area contributed by atoms with E-state index in [9.17, 15) is 14.0 Å². The molecule has 2 aromatic rings. The number of allylic oxidation sites excluding steroid dienone is 3. The maximum absolute atomic E-state index is 13.7. The second-order valence-electron chi connectivity index (χ2n) is 8.64. The summed E-state index contributed by atoms with van der Waals surface area (Å²) in [6.07, 6.45) is 1.10. The number of hydrogen-bond donors (Lipinski definition) is 1. The van der Waals surface area contributed by atoms with Crippen LogP contribution in [0.4, 0.5) is 4.39 Å². The van der Waals surface area contributed by atoms with Gasteiger partial charge in [-0.1, -0.05) is 18.2 Å². The van der Waals surface area contributed by atoms with E-state index in [4.69, 9.17) is 9.47 Å². The van der Waals surface area contributed by atoms with Gasteiger partial charge in [-0.05, 0) is 56.3 Å². The summed E-state index contributed by atoms with van der Waals surface area (Å²) in [7, 11) is 0. The highest BCUT2D eigenvalue weighted by atomic mass is 32.1. The third-order valence-corrected chi connectivity index (χ3v) is 7.00. The first-order chi connectivity index (χ1) is 15.8. The van der Waals surface area contributed by atoms with Crippen LogP contribution >= 0.6 is 11.3 Å². The molecule has 2 heterocycles. The first-order valence-corrected chi connectivity index (χ1v) is 12.0. The van der Waals surface area contributed by atoms with Gasteiger partial charge >= 0.3 is 5.97 Å². The van der Waals surface area contributed by atoms with E-state index in [0.717, 1.165) is 5.70 Å². The van der Waals surface area contributed by atoms with Crippen LogP contribution in [0.2, 0.25) is 0 Å². The Morgan fingerprint density at radius 1 is 1.18 bits per heavy atom. The lowest BCUT2D eigenvalue weighted by Crippen LogP contribution is -2.36. The molecule has 1 aliphatic carbocycles. The average Bonchev–Trinajstić information content (AvgIpc) is 3.31. The Bertz CT molecular complexity index is 1090. The highest BCUT2D eigenvalue weighted by Gasteiger charge is 2.41. The molecule has 0 fully saturated rings. The van der Waals surface area contributed by atoms with Crippen LogP contribution in [0.1, 0.15) is 55.9 Å². The number of Topliss-reactive ketones (excluding diaryl/α,β-unsaturated/α-hetero) is 1. The number of carbonyl (C=O) groups is 2. The van der Waals surface area contributed by atoms with Gasteiger partial charge in [-0.25, -0.2) is 9.18 Å². The van der Waals surface area contributed by atoms with Gasteiger partial charge in [0.25, 0.3) is 0 Å². The zero-order valence-electron chi connectivity index (χ0n) is 19.0. The van der Waals surface area contributed by atoms with E-state index in [0.29, 0.717) is 41.9 Å². The molecule has 1 aromatic heterocycles. The topological polar surface area (TPSA) is 64.6 Å². The largest absolute Gasteiger partial charge is 0.460 e. The van der Waals surface area contributed by atoms with Crippen molar-refractivity contribution in [1.82, 2.24) is 5.32 Å². The molecule has 0 radical (unpaired) electrons. The zero-order chi connectivity index (χ0) is 23.5. The zero-order valence-corrected chi connectivity index (χ0v) is 19.8. The van der Waals surface area contributed by atoms with Crippen LogP contribution in [0.3, 0.4) is 0 Å². The van der Waals surface area contributed by atoms with Crippen molar-refractivity contribution in [3.63, 3.8) is 0 Å². The molecule has 174 valence electrons. The van der Waals surface area contributed by atoms with Gasteiger partial charge in [0.2, 0.25) is 0 Å². The number of dihydropyridines is 1. The van der Waals surface area contributed by atoms with Crippen molar-refractivity contribution < 1.29 is 23.5 Å². The quantitative estimate of drug-likeness (QED) is 0.445. The molecule has 7 heteroatoms. The monoisotopic (exact) mass is 469 g/mol. The molecular weight excluding hydrogens is 441 g/mol. The summed E-state index contributed by atoms with van der Waals surface area (Å²) in [5.41, 5.74) is 3.13. The molecule has 1 aromatic carbocycles. The van der Waals surface area contributed by atoms with Crippen molar-refractivity contribution in [3.05, 3.63) is 80.6 Å². The van der Waals surface area contributed by atoms with E-state index in [2.05, 4.69) is 11.4 Å². The fraction of sp³-hybridized carbons (Fsp3) is 0.385. The van der Waals surface area contributed by atoms with Crippen molar-refractivity contribution in [2.24, 2.45) is 0 Å². The summed E-state index contributed by atoms with van der Waals surface area (Å²) in [5.74, 6) is -1.37. The summed E-state index contributed by atoms with van der Waals surface area (Å²) in [5, 5.41) is 5.34. The molecule has 0 saturated heterocycles. The average molecular weight is 470 g/mol. The Kier molecular flexibility index (Phi) is 7.10. The van der Waals surface area contributed by atoms with Gasteiger partial charge in [-0.15, -0.1) is 11.3 Å². The SMILES string of the molecule is CC1=C(C(=O)OCCOC(C)C)[C@H](c2ccc(F)cc2)C2=C(C[C@H](c3cccs3)CC2=O)N1. The van der Waals surface area contributed by atoms with Gasteiger partial charge in [0.15, 0.2) is 5.78 Å². The molecule has 33 heavy (non-hydrogen) atoms. The number of thiophene rings is 1. The van der Waals surface area contributed by atoms with E-state index in [-0.39, 0.29) is 30.2 Å². The minimum atomic E-state index is -0.600. The predicted octanol–water partition coefficient (Wildman–Crippen LogP) is 5.22. The molecular formula is C26H28FNO4S. The highest BCUT2D eigenvalue weighted by Crippen LogP contribution is 2.46. The van der Waals surface area contributed by atoms with Crippen molar-refractivity contribution in [2.75, 3.05) is 13.2 Å². The Labute approximate surface area is 197 Å². The Balaban J connectivity index is 1.67. The number of ether oxygens (including phenoxy) is 2. The fourth-order valence-electron chi connectivity index (χ4n) is 4.52. The van der Waals surface area contributed by atoms with E-state index in [1.54, 1.807) is 23.5 Å². The molecule has 0 bridgehead atoms. The highest BCUT2D eigenvalue weighted by molar-refractivity contribution is 7.10. The predicted molar refractivity (Wildman–Crippen MR) is 125 cm³/mol. The summed E-state index contributed by atoms with van der Waals surface area (Å²) in [6, 6.07) is 10.0. The van der Waals surface area contributed by atoms with E-state index < -0.39 is 11.9 Å². The Morgan fingerprint density at radius 3 is 2.61 bits per heavy atom. The van der Waals surface area contributed by atoms with Gasteiger partial charge in [-0.3, -0.25) is 4.79 Å². The third kappa shape index (κ3) is 5.09. The van der Waals surface area contributed by atoms with Crippen LogP contribution in [0.25, 0.3) is 0 Å². The smallest absolute Gasteiger partial charge is 0.336 e. The molecule has 0 amide bonds. The second kappa shape index (κ2) is 10.0. The van der Waals surface area contributed by atoms with Gasteiger partial charge < -0.3 is 14.8 Å². The number of ketones is 1. The first-order valence-electron chi connectivity index (χ1n) is 11.2. The molecule has 5 nitrogen and oxygen atoms in total. The lowest BCUT2D eigenvalue weighted by molar-refractivity contribution is -0.141. The number of nitrogens with one attached hydrogen (secondary N) is 1. The van der Waals surface area contributed by atoms with Crippen molar-refractivity contribution in [2.45, 2.75) is 51.6 Å². The molecule has 1 N–H and O–H groups in total. The molecule has 0 spiro atoms. The van der Waals surface area contributed by atoms with Crippen LogP contribution in [-0.2, 0) is 19.1 Å². The van der Waals surface area contributed by atoms with Crippen LogP contribution in [0.15, 0.2) is 64.3 Å². The number of hydrogen-bond acceptors (Lipinski definition) is 6. The maximum Gasteiger partial charge on any atom is 0.336 e. The van der Waals surface area contributed by atoms with Crippen LogP contribution in [0, 0.1) is 5.82 Å². The second-order valence-corrected chi connectivity index (χ2v) is 9.62. The molecule has 1 aliphatic heterocycles. The molecule has 2 aliphatic rings. The van der Waals surface area contributed by atoms with Crippen molar-refractivity contribution in [1.29, 1.82) is 0 Å². The van der Waals surface area contributed by atoms with Gasteiger partial charge in [0.05, 0.1) is 18.3 Å². The minimum absolute atomic E-state index is 0.00239. The summed E-state index contributed by atoms with van der Waals surface area (Å²) in [6.45, 7) is 6.05. The summed E-state index contributed by atoms with van der Waals surface area (Å²) >= 11 is 1.65. The van der Waals surface area contributed by atoms with Gasteiger partial charge in [-0.2, -0.15) is 0 Å². The number of esters is 1. The summed E-state index contributed by atoms with van der Waals surface area (Å²) < 4.78 is 24.6. The number of benzene rings is 1. The first kappa shape index (κ1) is 23.4. The Hall–Kier alpha value is -2.77. The fourth-order valence-corrected chi connectivity index (χ4v) is 5.35. The normalized spacial score (nSPS) is 20.7.